The van der Waals surface area contributed by atoms with Crippen molar-refractivity contribution in [3.63, 3.8) is 0 Å². The number of hydrogen-bond donors (Lipinski definition) is 0. The van der Waals surface area contributed by atoms with Gasteiger partial charge >= 0.3 is 0 Å². The quantitative estimate of drug-likeness (QED) is 0.0874. The zero-order valence-corrected chi connectivity index (χ0v) is 76.5. The minimum absolute atomic E-state index is 0.574. The van der Waals surface area contributed by atoms with Crippen LogP contribution in [0.2, 0.25) is 0 Å². The van der Waals surface area contributed by atoms with Crippen molar-refractivity contribution in [2.45, 2.75) is 0 Å². The Hall–Kier alpha value is -19.2. The lowest BCUT2D eigenvalue weighted by Gasteiger charge is -2.14. The average molecular weight is 1800 g/mol. The lowest BCUT2D eigenvalue weighted by molar-refractivity contribution is 0.953. The smallest absolute Gasteiger partial charge is 0.238 e. The van der Waals surface area contributed by atoms with Crippen LogP contribution in [0.1, 0.15) is 0 Å². The molecule has 0 aliphatic carbocycles. The highest BCUT2D eigenvalue weighted by Gasteiger charge is 2.27. The van der Waals surface area contributed by atoms with Gasteiger partial charge in [0.15, 0.2) is 34.9 Å². The third-order valence-electron chi connectivity index (χ3n) is 26.0. The molecular formula is C129H86N12. The third kappa shape index (κ3) is 16.9. The van der Waals surface area contributed by atoms with Gasteiger partial charge in [0.1, 0.15) is 0 Å². The van der Waals surface area contributed by atoms with Gasteiger partial charge in [-0.15, -0.1) is 0 Å². The van der Waals surface area contributed by atoms with E-state index in [0.29, 0.717) is 52.8 Å². The van der Waals surface area contributed by atoms with Gasteiger partial charge in [-0.2, -0.15) is 29.9 Å². The fraction of sp³-hybridized carbons (Fsp3) is 0. The molecule has 0 saturated heterocycles. The molecule has 0 aliphatic heterocycles. The molecule has 0 amide bonds. The van der Waals surface area contributed by atoms with Gasteiger partial charge in [0, 0.05) is 82.4 Å². The van der Waals surface area contributed by atoms with Crippen LogP contribution in [-0.4, -0.2) is 58.6 Å². The first-order valence-electron chi connectivity index (χ1n) is 47.3. The van der Waals surface area contributed by atoms with Crippen LogP contribution in [0.4, 0.5) is 0 Å². The van der Waals surface area contributed by atoms with E-state index >= 15 is 0 Å². The van der Waals surface area contributed by atoms with Crippen molar-refractivity contribution in [3.05, 3.63) is 522 Å². The van der Waals surface area contributed by atoms with Gasteiger partial charge < -0.3 is 0 Å². The van der Waals surface area contributed by atoms with Crippen LogP contribution < -0.4 is 0 Å². The summed E-state index contributed by atoms with van der Waals surface area (Å²) in [6.45, 7) is 0. The van der Waals surface area contributed by atoms with Gasteiger partial charge in [0.05, 0.1) is 33.1 Å². The zero-order valence-electron chi connectivity index (χ0n) is 76.5. The molecule has 141 heavy (non-hydrogen) atoms. The Labute approximate surface area is 815 Å². The monoisotopic (exact) mass is 1800 g/mol. The number of nitrogens with zero attached hydrogens (tertiary/aromatic N) is 12. The summed E-state index contributed by atoms with van der Waals surface area (Å²) in [5.41, 5.74) is 30.5. The van der Waals surface area contributed by atoms with Crippen LogP contribution >= 0.6 is 0 Å². The Kier molecular flexibility index (Phi) is 22.8. The van der Waals surface area contributed by atoms with Crippen LogP contribution in [0.3, 0.4) is 0 Å². The van der Waals surface area contributed by atoms with Crippen molar-refractivity contribution in [2.75, 3.05) is 0 Å². The van der Waals surface area contributed by atoms with E-state index < -0.39 is 0 Å². The minimum Gasteiger partial charge on any atom is -0.277 e. The second kappa shape index (κ2) is 37.9. The normalized spacial score (nSPS) is 11.3. The molecule has 12 heteroatoms. The second-order valence-electron chi connectivity index (χ2n) is 34.7. The molecule has 0 N–H and O–H groups in total. The summed E-state index contributed by atoms with van der Waals surface area (Å²) in [4.78, 5) is 45.8. The van der Waals surface area contributed by atoms with Gasteiger partial charge in [-0.25, -0.2) is 15.0 Å². The van der Waals surface area contributed by atoms with E-state index in [1.54, 1.807) is 0 Å². The number of benzene rings is 20. The minimum atomic E-state index is 0.574. The van der Waals surface area contributed by atoms with E-state index in [-0.39, 0.29) is 0 Å². The van der Waals surface area contributed by atoms with E-state index in [4.69, 9.17) is 44.9 Å². The van der Waals surface area contributed by atoms with Gasteiger partial charge in [-0.3, -0.25) is 13.7 Å². The molecule has 12 nitrogen and oxygen atoms in total. The lowest BCUT2D eigenvalue weighted by atomic mass is 9.95. The van der Waals surface area contributed by atoms with Crippen LogP contribution in [0.25, 0.3) is 241 Å². The van der Waals surface area contributed by atoms with E-state index in [1.807, 2.05) is 194 Å². The molecule has 662 valence electrons. The number of para-hydroxylation sites is 4. The molecule has 20 aromatic carbocycles. The summed E-state index contributed by atoms with van der Waals surface area (Å²) in [7, 11) is 0. The maximum absolute atomic E-state index is 5.21. The molecule has 0 saturated carbocycles. The fourth-order valence-corrected chi connectivity index (χ4v) is 19.2. The predicted molar refractivity (Wildman–Crippen MR) is 579 cm³/mol. The highest BCUT2D eigenvalue weighted by molar-refractivity contribution is 6.18. The molecule has 0 fully saturated rings. The fourth-order valence-electron chi connectivity index (χ4n) is 19.2. The van der Waals surface area contributed by atoms with E-state index in [2.05, 4.69) is 341 Å². The zero-order chi connectivity index (χ0) is 93.7. The Morgan fingerprint density at radius 3 is 0.624 bits per heavy atom. The number of fused-ring (bicyclic) bond motifs is 9. The highest BCUT2D eigenvalue weighted by Crippen LogP contribution is 2.46. The highest BCUT2D eigenvalue weighted by atomic mass is 15.2. The molecule has 0 aliphatic rings. The molecule has 6 heterocycles. The Balaban J connectivity index is 0.000000115. The van der Waals surface area contributed by atoms with Crippen molar-refractivity contribution in [3.8, 4) is 175 Å². The van der Waals surface area contributed by atoms with Gasteiger partial charge in [0.25, 0.3) is 0 Å². The molecule has 26 rings (SSSR count). The predicted octanol–water partition coefficient (Wildman–Crippen LogP) is 32.2. The molecule has 0 spiro atoms. The summed E-state index contributed by atoms with van der Waals surface area (Å²) in [6.07, 6.45) is 0. The molecular weight excluding hydrogens is 1720 g/mol. The summed E-state index contributed by atoms with van der Waals surface area (Å²) in [5, 5.41) is 6.88. The Morgan fingerprint density at radius 2 is 0.319 bits per heavy atom. The van der Waals surface area contributed by atoms with Gasteiger partial charge in [-0.1, -0.05) is 485 Å². The van der Waals surface area contributed by atoms with Crippen molar-refractivity contribution in [1.29, 1.82) is 0 Å². The van der Waals surface area contributed by atoms with Crippen molar-refractivity contribution >= 4 is 65.4 Å². The van der Waals surface area contributed by atoms with Crippen LogP contribution in [0, 0.1) is 0 Å². The largest absolute Gasteiger partial charge is 0.277 e. The molecule has 26 aromatic rings. The van der Waals surface area contributed by atoms with E-state index in [1.165, 1.54) is 44.5 Å². The maximum atomic E-state index is 5.21. The van der Waals surface area contributed by atoms with Gasteiger partial charge in [-0.05, 0) is 109 Å². The summed E-state index contributed by atoms with van der Waals surface area (Å²) in [5.74, 6) is 5.55. The number of rotatable bonds is 17. The van der Waals surface area contributed by atoms with E-state index in [0.717, 1.165) is 143 Å². The van der Waals surface area contributed by atoms with E-state index in [9.17, 15) is 0 Å². The van der Waals surface area contributed by atoms with Crippen molar-refractivity contribution in [1.82, 2.24) is 58.6 Å². The first-order valence-corrected chi connectivity index (χ1v) is 47.3. The summed E-state index contributed by atoms with van der Waals surface area (Å²) < 4.78 is 6.64. The molecule has 0 atom stereocenters. The van der Waals surface area contributed by atoms with Crippen molar-refractivity contribution in [2.24, 2.45) is 0 Å². The summed E-state index contributed by atoms with van der Waals surface area (Å²) >= 11 is 0. The van der Waals surface area contributed by atoms with Crippen LogP contribution in [0.5, 0.6) is 0 Å². The molecule has 0 unspecified atom stereocenters. The molecule has 0 radical (unpaired) electrons. The Bertz CT molecular complexity index is 8820. The number of aromatic nitrogens is 12. The third-order valence-corrected chi connectivity index (χ3v) is 26.0. The van der Waals surface area contributed by atoms with Crippen molar-refractivity contribution < 1.29 is 0 Å². The van der Waals surface area contributed by atoms with Crippen LogP contribution in [0.15, 0.2) is 522 Å². The van der Waals surface area contributed by atoms with Gasteiger partial charge in [0.2, 0.25) is 17.8 Å². The molecule has 6 aromatic heterocycles. The second-order valence-corrected chi connectivity index (χ2v) is 34.7. The average Bonchev–Trinajstić information content (AvgIpc) is 1.57. The molecule has 0 bridgehead atoms. The first-order chi connectivity index (χ1) is 69.9. The number of hydrogen-bond acceptors (Lipinski definition) is 9. The summed E-state index contributed by atoms with van der Waals surface area (Å²) in [6, 6.07) is 181. The topological polar surface area (TPSA) is 131 Å². The Morgan fingerprint density at radius 1 is 0.113 bits per heavy atom. The van der Waals surface area contributed by atoms with Crippen LogP contribution in [-0.2, 0) is 0 Å². The lowest BCUT2D eigenvalue weighted by Crippen LogP contribution is -2.07. The maximum Gasteiger partial charge on any atom is 0.238 e. The standard InChI is InChI=1S/2C45H30N4.C39H26N4/c1-6-16-31(17-7-1)36-26-27-41-39(28-36)40-30-37(32-18-8-2-9-19-32)29-38(33-20-10-3-11-21-33)42(40)49(41)45-47-43(34-22-12-4-13-23-34)46-44(48-45)35-24-14-5-15-25-35;1-4-13-31(14-5-1)32-23-25-33(26-24-32)34-27-29-35(30-28-34)38-20-12-21-40-39-19-10-11-22-41(39)49(42(38)40)45-47-43(36-15-6-2-7-16-36)46-44(48-45)37-17-8-3-9-18-37;1-4-13-27(14-5-1)28-23-25-29(26-24-28)32-20-12-21-34-33-19-10-11-22-35(33)43(36(32)34)39-41-37(30-15-6-2-7-16-30)40-38(42-39)31-17-8-3-9-18-31/h2*1-30H;1-26H. The first kappa shape index (κ1) is 84.8. The SMILES string of the molecule is c1ccc(-c2ccc(-c3ccc(-c4cccc5c6ccccc6n(-c6nc(-c7ccccc7)nc(-c7ccccc7)n6)c45)cc3)cc2)cc1.c1ccc(-c2ccc(-c3cccc4c5ccccc5n(-c5nc(-c6ccccc6)nc(-c6ccccc6)n5)c34)cc2)cc1.c1ccc(-c2ccc3c(c2)c2cc(-c4ccccc4)cc(-c4ccccc4)c2n3-c2nc(-c3ccccc3)nc(-c3ccccc3)n2)cc1.